The number of nitrogens with two attached hydrogens (primary N) is 1. The normalized spacial score (nSPS) is 9.54. The third kappa shape index (κ3) is 3.46. The minimum atomic E-state index is -0.403. The first kappa shape index (κ1) is 9.38. The van der Waals surface area contributed by atoms with Crippen molar-refractivity contribution in [2.75, 3.05) is 6.61 Å². The van der Waals surface area contributed by atoms with Gasteiger partial charge in [0.1, 0.15) is 11.5 Å². The molecule has 0 atom stereocenters. The zero-order valence-corrected chi connectivity index (χ0v) is 7.06. The van der Waals surface area contributed by atoms with Gasteiger partial charge in [-0.15, -0.1) is 0 Å². The van der Waals surface area contributed by atoms with Crippen molar-refractivity contribution in [2.45, 2.75) is 6.42 Å². The molecule has 1 aromatic carbocycles. The Bertz CT molecular complexity index is 299. The summed E-state index contributed by atoms with van der Waals surface area (Å²) >= 11 is 0. The van der Waals surface area contributed by atoms with E-state index in [0.29, 0.717) is 5.75 Å². The Morgan fingerprint density at radius 2 is 2.31 bits per heavy atom. The van der Waals surface area contributed by atoms with Gasteiger partial charge in [0.2, 0.25) is 5.91 Å². The summed E-state index contributed by atoms with van der Waals surface area (Å²) in [6, 6.07) is 6.37. The summed E-state index contributed by atoms with van der Waals surface area (Å²) in [6.07, 6.45) is 0.176. The van der Waals surface area contributed by atoms with Crippen molar-refractivity contribution in [3.05, 3.63) is 24.3 Å². The van der Waals surface area contributed by atoms with Crippen molar-refractivity contribution < 1.29 is 14.6 Å². The Morgan fingerprint density at radius 1 is 1.54 bits per heavy atom. The van der Waals surface area contributed by atoms with Crippen LogP contribution in [0.25, 0.3) is 0 Å². The van der Waals surface area contributed by atoms with Gasteiger partial charge in [0.25, 0.3) is 0 Å². The van der Waals surface area contributed by atoms with Crippen LogP contribution in [0.5, 0.6) is 11.5 Å². The van der Waals surface area contributed by atoms with Gasteiger partial charge in [-0.05, 0) is 12.1 Å². The monoisotopic (exact) mass is 181 g/mol. The number of carbonyl (C=O) groups is 1. The number of phenolic OH excluding ortho intramolecular Hbond substituents is 1. The molecular formula is C9H11NO3. The summed E-state index contributed by atoms with van der Waals surface area (Å²) in [4.78, 5) is 10.3. The number of benzene rings is 1. The molecule has 70 valence electrons. The van der Waals surface area contributed by atoms with E-state index in [2.05, 4.69) is 0 Å². The van der Waals surface area contributed by atoms with Gasteiger partial charge in [0.15, 0.2) is 0 Å². The van der Waals surface area contributed by atoms with E-state index in [1.807, 2.05) is 0 Å². The minimum Gasteiger partial charge on any atom is -0.508 e. The van der Waals surface area contributed by atoms with E-state index in [9.17, 15) is 4.79 Å². The molecule has 1 rings (SSSR count). The lowest BCUT2D eigenvalue weighted by molar-refractivity contribution is -0.118. The first-order chi connectivity index (χ1) is 6.18. The molecule has 0 spiro atoms. The topological polar surface area (TPSA) is 72.6 Å². The summed E-state index contributed by atoms with van der Waals surface area (Å²) < 4.78 is 5.14. The average molecular weight is 181 g/mol. The molecule has 0 aliphatic rings. The number of hydrogen-bond donors (Lipinski definition) is 2. The Hall–Kier alpha value is -1.71. The summed E-state index contributed by atoms with van der Waals surface area (Å²) in [5.41, 5.74) is 4.92. The van der Waals surface area contributed by atoms with Crippen LogP contribution in [0.4, 0.5) is 0 Å². The van der Waals surface area contributed by atoms with Gasteiger partial charge in [0.05, 0.1) is 13.0 Å². The van der Waals surface area contributed by atoms with Crippen molar-refractivity contribution in [1.29, 1.82) is 0 Å². The Kier molecular flexibility index (Phi) is 3.14. The average Bonchev–Trinajstić information content (AvgIpc) is 2.03. The van der Waals surface area contributed by atoms with E-state index in [4.69, 9.17) is 15.6 Å². The van der Waals surface area contributed by atoms with Crippen molar-refractivity contribution >= 4 is 5.91 Å². The maximum Gasteiger partial charge on any atom is 0.220 e. The molecule has 0 saturated carbocycles. The second-order valence-corrected chi connectivity index (χ2v) is 2.56. The molecule has 0 aliphatic carbocycles. The number of amides is 1. The van der Waals surface area contributed by atoms with Crippen LogP contribution >= 0.6 is 0 Å². The zero-order valence-electron chi connectivity index (χ0n) is 7.06. The molecule has 1 aromatic rings. The number of ether oxygens (including phenoxy) is 1. The molecule has 0 aromatic heterocycles. The smallest absolute Gasteiger partial charge is 0.220 e. The lowest BCUT2D eigenvalue weighted by atomic mass is 10.3. The molecule has 0 fully saturated rings. The second kappa shape index (κ2) is 4.35. The largest absolute Gasteiger partial charge is 0.508 e. The van der Waals surface area contributed by atoms with Crippen molar-refractivity contribution in [3.63, 3.8) is 0 Å². The predicted molar refractivity (Wildman–Crippen MR) is 47.4 cm³/mol. The zero-order chi connectivity index (χ0) is 9.68. The first-order valence-corrected chi connectivity index (χ1v) is 3.88. The van der Waals surface area contributed by atoms with E-state index < -0.39 is 5.91 Å². The molecule has 3 N–H and O–H groups in total. The molecule has 4 heteroatoms. The molecule has 0 unspecified atom stereocenters. The fraction of sp³-hybridized carbons (Fsp3) is 0.222. The number of hydrogen-bond acceptors (Lipinski definition) is 3. The highest BCUT2D eigenvalue weighted by atomic mass is 16.5. The van der Waals surface area contributed by atoms with Gasteiger partial charge >= 0.3 is 0 Å². The highest BCUT2D eigenvalue weighted by Crippen LogP contribution is 2.17. The Balaban J connectivity index is 2.41. The molecule has 13 heavy (non-hydrogen) atoms. The van der Waals surface area contributed by atoms with Crippen molar-refractivity contribution in [2.24, 2.45) is 5.73 Å². The molecular weight excluding hydrogens is 170 g/mol. The van der Waals surface area contributed by atoms with Crippen LogP contribution in [0, 0.1) is 0 Å². The van der Waals surface area contributed by atoms with Crippen LogP contribution < -0.4 is 10.5 Å². The van der Waals surface area contributed by atoms with Gasteiger partial charge in [-0.25, -0.2) is 0 Å². The van der Waals surface area contributed by atoms with Crippen LogP contribution in [-0.4, -0.2) is 17.6 Å². The Morgan fingerprint density at radius 3 is 2.92 bits per heavy atom. The van der Waals surface area contributed by atoms with Crippen molar-refractivity contribution in [1.82, 2.24) is 0 Å². The summed E-state index contributed by atoms with van der Waals surface area (Å²) in [6.45, 7) is 0.235. The van der Waals surface area contributed by atoms with Crippen LogP contribution in [0.2, 0.25) is 0 Å². The number of primary amides is 1. The van der Waals surface area contributed by atoms with Gasteiger partial charge < -0.3 is 15.6 Å². The van der Waals surface area contributed by atoms with Crippen LogP contribution in [0.15, 0.2) is 24.3 Å². The van der Waals surface area contributed by atoms with E-state index in [1.165, 1.54) is 6.07 Å². The van der Waals surface area contributed by atoms with Gasteiger partial charge in [-0.3, -0.25) is 4.79 Å². The highest BCUT2D eigenvalue weighted by molar-refractivity contribution is 5.73. The molecule has 0 aliphatic heterocycles. The summed E-state index contributed by atoms with van der Waals surface area (Å²) in [5.74, 6) is 0.262. The molecule has 1 amide bonds. The fourth-order valence-electron chi connectivity index (χ4n) is 0.843. The fourth-order valence-corrected chi connectivity index (χ4v) is 0.843. The number of rotatable bonds is 4. The molecule has 0 saturated heterocycles. The maximum atomic E-state index is 10.3. The van der Waals surface area contributed by atoms with Crippen LogP contribution in [0.1, 0.15) is 6.42 Å². The SMILES string of the molecule is NC(=O)CCOc1cccc(O)c1. The minimum absolute atomic E-state index is 0.136. The molecule has 4 nitrogen and oxygen atoms in total. The van der Waals surface area contributed by atoms with E-state index >= 15 is 0 Å². The summed E-state index contributed by atoms with van der Waals surface area (Å²) in [7, 11) is 0. The van der Waals surface area contributed by atoms with Gasteiger partial charge in [0, 0.05) is 6.07 Å². The lowest BCUT2D eigenvalue weighted by Gasteiger charge is -2.03. The number of aromatic hydroxyl groups is 1. The van der Waals surface area contributed by atoms with Crippen molar-refractivity contribution in [3.8, 4) is 11.5 Å². The standard InChI is InChI=1S/C9H11NO3/c10-9(12)4-5-13-8-3-1-2-7(11)6-8/h1-3,6,11H,4-5H2,(H2,10,12). The molecule has 0 bridgehead atoms. The van der Waals surface area contributed by atoms with Gasteiger partial charge in [-0.2, -0.15) is 0 Å². The third-order valence-corrected chi connectivity index (χ3v) is 1.43. The van der Waals surface area contributed by atoms with Crippen LogP contribution in [0.3, 0.4) is 0 Å². The molecule has 0 radical (unpaired) electrons. The Labute approximate surface area is 75.9 Å². The second-order valence-electron chi connectivity index (χ2n) is 2.56. The quantitative estimate of drug-likeness (QED) is 0.716. The molecule has 0 heterocycles. The predicted octanol–water partition coefficient (Wildman–Crippen LogP) is 0.646. The number of phenols is 1. The highest BCUT2D eigenvalue weighted by Gasteiger charge is 1.97. The van der Waals surface area contributed by atoms with E-state index in [0.717, 1.165) is 0 Å². The summed E-state index contributed by atoms with van der Waals surface area (Å²) in [5, 5.41) is 9.05. The van der Waals surface area contributed by atoms with Crippen LogP contribution in [-0.2, 0) is 4.79 Å². The third-order valence-electron chi connectivity index (χ3n) is 1.43. The first-order valence-electron chi connectivity index (χ1n) is 3.88. The number of carbonyl (C=O) groups excluding carboxylic acids is 1. The maximum absolute atomic E-state index is 10.3. The lowest BCUT2D eigenvalue weighted by Crippen LogP contribution is -2.14. The van der Waals surface area contributed by atoms with E-state index in [-0.39, 0.29) is 18.8 Å². The van der Waals surface area contributed by atoms with Gasteiger partial charge in [-0.1, -0.05) is 6.07 Å². The van der Waals surface area contributed by atoms with E-state index in [1.54, 1.807) is 18.2 Å².